The monoisotopic (exact) mass is 181 g/mol. The first-order chi connectivity index (χ1) is 6.09. The van der Waals surface area contributed by atoms with Gasteiger partial charge in [-0.2, -0.15) is 0 Å². The Morgan fingerprint density at radius 3 is 1.85 bits per heavy atom. The lowest BCUT2D eigenvalue weighted by molar-refractivity contribution is -0.0811. The van der Waals surface area contributed by atoms with Crippen LogP contribution < -0.4 is 0 Å². The highest BCUT2D eigenvalue weighted by atomic mass is 15.3. The summed E-state index contributed by atoms with van der Waals surface area (Å²) < 4.78 is 0. The lowest BCUT2D eigenvalue weighted by Crippen LogP contribution is -2.63. The van der Waals surface area contributed by atoms with E-state index in [4.69, 9.17) is 0 Å². The van der Waals surface area contributed by atoms with Gasteiger partial charge in [0.15, 0.2) is 0 Å². The molecule has 1 heteroatoms. The highest BCUT2D eigenvalue weighted by molar-refractivity contribution is 5.01. The quantitative estimate of drug-likeness (QED) is 0.633. The summed E-state index contributed by atoms with van der Waals surface area (Å²) in [7, 11) is 0. The van der Waals surface area contributed by atoms with Crippen molar-refractivity contribution < 1.29 is 0 Å². The summed E-state index contributed by atoms with van der Waals surface area (Å²) in [6.07, 6.45) is 4.42. The zero-order valence-corrected chi connectivity index (χ0v) is 9.46. The van der Waals surface area contributed by atoms with Gasteiger partial charge in [0.2, 0.25) is 0 Å². The van der Waals surface area contributed by atoms with Gasteiger partial charge in [-0.15, -0.1) is 0 Å². The number of piperidine rings is 1. The van der Waals surface area contributed by atoms with Crippen molar-refractivity contribution in [2.75, 3.05) is 0 Å². The Morgan fingerprint density at radius 1 is 0.923 bits per heavy atom. The Hall–Kier alpha value is -0.0400. The molecule has 0 aromatic rings. The number of nitrogens with zero attached hydrogens (tertiary/aromatic N) is 1. The van der Waals surface area contributed by atoms with Crippen molar-refractivity contribution in [1.29, 1.82) is 0 Å². The Morgan fingerprint density at radius 2 is 1.46 bits per heavy atom. The van der Waals surface area contributed by atoms with E-state index in [1.165, 1.54) is 19.3 Å². The Balaban J connectivity index is 1.94. The molecule has 1 unspecified atom stereocenters. The third-order valence-corrected chi connectivity index (χ3v) is 4.08. The minimum atomic E-state index is 0.775. The molecular weight excluding hydrogens is 158 g/mol. The number of rotatable bonds is 2. The van der Waals surface area contributed by atoms with Crippen LogP contribution in [0.5, 0.6) is 0 Å². The Bertz CT molecular complexity index is 174. The summed E-state index contributed by atoms with van der Waals surface area (Å²) in [6.45, 7) is 9.45. The molecule has 0 radical (unpaired) electrons. The van der Waals surface area contributed by atoms with Crippen LogP contribution >= 0.6 is 0 Å². The standard InChI is InChI=1S/C12H23N/c1-8(2)10-5-11-7-12(6-10)13(11)9(3)4/h8-12H,5-7H2,1-4H3/t10?,11-,12+. The molecule has 0 aromatic heterocycles. The summed E-state index contributed by atoms with van der Waals surface area (Å²) in [5.41, 5.74) is 0. The van der Waals surface area contributed by atoms with Gasteiger partial charge >= 0.3 is 0 Å². The summed E-state index contributed by atoms with van der Waals surface area (Å²) in [4.78, 5) is 2.74. The fraction of sp³-hybridized carbons (Fsp3) is 1.00. The second kappa shape index (κ2) is 3.27. The molecule has 3 fully saturated rings. The van der Waals surface area contributed by atoms with Crippen LogP contribution in [0.1, 0.15) is 47.0 Å². The highest BCUT2D eigenvalue weighted by Crippen LogP contribution is 2.44. The molecule has 3 aliphatic rings. The molecule has 0 spiro atoms. The molecule has 2 saturated heterocycles. The van der Waals surface area contributed by atoms with Gasteiger partial charge in [-0.3, -0.25) is 4.90 Å². The maximum atomic E-state index is 2.74. The van der Waals surface area contributed by atoms with Crippen molar-refractivity contribution >= 4 is 0 Å². The van der Waals surface area contributed by atoms with Crippen molar-refractivity contribution in [3.63, 3.8) is 0 Å². The van der Waals surface area contributed by atoms with Crippen LogP contribution in [0, 0.1) is 11.8 Å². The van der Waals surface area contributed by atoms with Gasteiger partial charge in [0.1, 0.15) is 0 Å². The van der Waals surface area contributed by atoms with Gasteiger partial charge in [0.25, 0.3) is 0 Å². The Labute approximate surface area is 82.5 Å². The SMILES string of the molecule is CC(C)C1C[C@@H]2C[C@H](C1)N2C(C)C. The molecule has 1 saturated carbocycles. The first-order valence-electron chi connectivity index (χ1n) is 5.87. The van der Waals surface area contributed by atoms with E-state index in [2.05, 4.69) is 32.6 Å². The van der Waals surface area contributed by atoms with Gasteiger partial charge in [0, 0.05) is 18.1 Å². The third-order valence-electron chi connectivity index (χ3n) is 4.08. The predicted octanol–water partition coefficient (Wildman–Crippen LogP) is 2.90. The molecule has 2 heterocycles. The summed E-state index contributed by atoms with van der Waals surface area (Å²) >= 11 is 0. The van der Waals surface area contributed by atoms with E-state index in [0.717, 1.165) is 30.0 Å². The van der Waals surface area contributed by atoms with Gasteiger partial charge < -0.3 is 0 Å². The number of hydrogen-bond acceptors (Lipinski definition) is 1. The van der Waals surface area contributed by atoms with Crippen LogP contribution in [0.25, 0.3) is 0 Å². The smallest absolute Gasteiger partial charge is 0.0118 e. The van der Waals surface area contributed by atoms with Gasteiger partial charge in [-0.05, 0) is 44.9 Å². The minimum absolute atomic E-state index is 0.775. The Kier molecular flexibility index (Phi) is 2.39. The number of fused-ring (bicyclic) bond motifs is 2. The zero-order chi connectivity index (χ0) is 9.59. The predicted molar refractivity (Wildman–Crippen MR) is 56.7 cm³/mol. The van der Waals surface area contributed by atoms with Crippen molar-refractivity contribution in [3.8, 4) is 0 Å². The largest absolute Gasteiger partial charge is 0.295 e. The first-order valence-corrected chi connectivity index (χ1v) is 5.87. The number of hydrogen-bond donors (Lipinski definition) is 0. The average molecular weight is 181 g/mol. The van der Waals surface area contributed by atoms with E-state index in [1.54, 1.807) is 0 Å². The van der Waals surface area contributed by atoms with Crippen LogP contribution in [0.2, 0.25) is 0 Å². The molecule has 3 rings (SSSR count). The van der Waals surface area contributed by atoms with Crippen LogP contribution in [0.15, 0.2) is 0 Å². The van der Waals surface area contributed by atoms with Gasteiger partial charge in [-0.25, -0.2) is 0 Å². The zero-order valence-electron chi connectivity index (χ0n) is 9.46. The molecular formula is C12H23N. The molecule has 1 nitrogen and oxygen atoms in total. The normalized spacial score (nSPS) is 39.7. The van der Waals surface area contributed by atoms with Crippen LogP contribution in [-0.4, -0.2) is 23.0 Å². The van der Waals surface area contributed by atoms with E-state index >= 15 is 0 Å². The molecule has 0 amide bonds. The summed E-state index contributed by atoms with van der Waals surface area (Å²) in [5, 5.41) is 0. The topological polar surface area (TPSA) is 3.24 Å². The third kappa shape index (κ3) is 1.52. The van der Waals surface area contributed by atoms with E-state index in [-0.39, 0.29) is 0 Å². The lowest BCUT2D eigenvalue weighted by atomic mass is 9.69. The molecule has 2 aliphatic heterocycles. The molecule has 0 N–H and O–H groups in total. The molecule has 3 atom stereocenters. The molecule has 0 aromatic carbocycles. The van der Waals surface area contributed by atoms with E-state index < -0.39 is 0 Å². The average Bonchev–Trinajstić information content (AvgIpc) is 2.03. The fourth-order valence-corrected chi connectivity index (χ4v) is 3.34. The van der Waals surface area contributed by atoms with Crippen molar-refractivity contribution in [3.05, 3.63) is 0 Å². The van der Waals surface area contributed by atoms with Crippen molar-refractivity contribution in [2.24, 2.45) is 11.8 Å². The van der Waals surface area contributed by atoms with Crippen molar-refractivity contribution in [1.82, 2.24) is 4.90 Å². The van der Waals surface area contributed by atoms with E-state index in [9.17, 15) is 0 Å². The molecule has 2 bridgehead atoms. The van der Waals surface area contributed by atoms with Gasteiger partial charge in [-0.1, -0.05) is 13.8 Å². The second-order valence-electron chi connectivity index (χ2n) is 5.56. The maximum Gasteiger partial charge on any atom is 0.0118 e. The summed E-state index contributed by atoms with van der Waals surface area (Å²) in [6, 6.07) is 2.65. The molecule has 1 aliphatic carbocycles. The van der Waals surface area contributed by atoms with Gasteiger partial charge in [0.05, 0.1) is 0 Å². The van der Waals surface area contributed by atoms with E-state index in [0.29, 0.717) is 0 Å². The highest BCUT2D eigenvalue weighted by Gasteiger charge is 2.46. The second-order valence-corrected chi connectivity index (χ2v) is 5.56. The van der Waals surface area contributed by atoms with E-state index in [1.807, 2.05) is 0 Å². The van der Waals surface area contributed by atoms with Crippen molar-refractivity contribution in [2.45, 2.75) is 65.1 Å². The summed E-state index contributed by atoms with van der Waals surface area (Å²) in [5.74, 6) is 1.92. The molecule has 76 valence electrons. The minimum Gasteiger partial charge on any atom is -0.295 e. The fourth-order valence-electron chi connectivity index (χ4n) is 3.34. The maximum absolute atomic E-state index is 2.74. The van der Waals surface area contributed by atoms with Crippen LogP contribution in [0.3, 0.4) is 0 Å². The first kappa shape index (κ1) is 9.51. The van der Waals surface area contributed by atoms with Crippen LogP contribution in [0.4, 0.5) is 0 Å². The van der Waals surface area contributed by atoms with Crippen LogP contribution in [-0.2, 0) is 0 Å². The molecule has 13 heavy (non-hydrogen) atoms. The lowest BCUT2D eigenvalue weighted by Gasteiger charge is -2.58.